The zero-order valence-corrected chi connectivity index (χ0v) is 37.1. The van der Waals surface area contributed by atoms with Gasteiger partial charge in [-0.2, -0.15) is 8.42 Å². The van der Waals surface area contributed by atoms with Crippen molar-refractivity contribution in [2.24, 2.45) is 9.98 Å². The lowest BCUT2D eigenvalue weighted by atomic mass is 10.1. The van der Waals surface area contributed by atoms with Gasteiger partial charge in [-0.1, -0.05) is 17.7 Å². The Balaban J connectivity index is 0.000000183. The maximum absolute atomic E-state index is 12.3. The number of hydrogen-bond acceptors (Lipinski definition) is 13. The molecular weight excluding hydrogens is 805 g/mol. The second kappa shape index (κ2) is 21.0. The predicted octanol–water partition coefficient (Wildman–Crippen LogP) is 7.51. The summed E-state index contributed by atoms with van der Waals surface area (Å²) in [6.45, 7) is 17.9. The summed E-state index contributed by atoms with van der Waals surface area (Å²) in [4.78, 5) is 36.0. The fourth-order valence-corrected chi connectivity index (χ4v) is 7.51. The van der Waals surface area contributed by atoms with Gasteiger partial charge in [-0.3, -0.25) is 4.18 Å². The highest BCUT2D eigenvalue weighted by molar-refractivity contribution is 7.86. The van der Waals surface area contributed by atoms with Gasteiger partial charge in [0, 0.05) is 50.1 Å². The number of amides is 2. The lowest BCUT2D eigenvalue weighted by molar-refractivity contribution is 0.0117. The van der Waals surface area contributed by atoms with Gasteiger partial charge in [-0.05, 0) is 122 Å². The maximum atomic E-state index is 12.3. The van der Waals surface area contributed by atoms with Crippen molar-refractivity contribution < 1.29 is 51.0 Å². The quantitative estimate of drug-likeness (QED) is 0.233. The van der Waals surface area contributed by atoms with Gasteiger partial charge in [0.15, 0.2) is 0 Å². The molecule has 0 spiro atoms. The fraction of sp³-hybridized carbons (Fsp3) is 0.511. The van der Waals surface area contributed by atoms with Crippen molar-refractivity contribution >= 4 is 34.1 Å². The van der Waals surface area contributed by atoms with Crippen LogP contribution in [0.5, 0.6) is 11.5 Å². The average molecular weight is 865 g/mol. The first-order valence-corrected chi connectivity index (χ1v) is 22.1. The Morgan fingerprint density at radius 2 is 1.08 bits per heavy atom. The smallest absolute Gasteiger partial charge is 0.410 e. The number of aryl methyl sites for hydroxylation is 1. The molecule has 0 aliphatic carbocycles. The molecule has 0 aromatic heterocycles. The first-order valence-electron chi connectivity index (χ1n) is 20.7. The third kappa shape index (κ3) is 15.3. The van der Waals surface area contributed by atoms with Crippen molar-refractivity contribution in [1.82, 2.24) is 9.80 Å². The predicted molar refractivity (Wildman–Crippen MR) is 231 cm³/mol. The van der Waals surface area contributed by atoms with Crippen molar-refractivity contribution in [2.45, 2.75) is 102 Å². The highest BCUT2D eigenvalue weighted by Crippen LogP contribution is 2.24. The third-order valence-corrected chi connectivity index (χ3v) is 10.8. The van der Waals surface area contributed by atoms with Crippen LogP contribution in [0.2, 0.25) is 0 Å². The first-order chi connectivity index (χ1) is 28.8. The zero-order chi connectivity index (χ0) is 44.2. The minimum atomic E-state index is -3.78. The highest BCUT2D eigenvalue weighted by atomic mass is 32.2. The molecule has 332 valence electrons. The Morgan fingerprint density at radius 1 is 0.656 bits per heavy atom. The molecule has 4 aliphatic heterocycles. The molecule has 1 N–H and O–H groups in total. The molecule has 15 nitrogen and oxygen atoms in total. The van der Waals surface area contributed by atoms with Crippen LogP contribution < -0.4 is 4.74 Å². The molecule has 2 amide bonds. The second-order valence-electron chi connectivity index (χ2n) is 17.0. The molecule has 4 aliphatic rings. The Labute approximate surface area is 359 Å². The standard InChI is InChI=1S/C19H26N2O4.C17H25NO5S.C9H9NO2/c1-19(2,3)25-18(22)21-11-8-16(9-12-21)24-15-6-4-14(5-7-15)17-20-10-13-23-17;1-13-5-7-15(8-6-13)24(20,21)23-14-9-11-18(12-10-14)16(19)22-17(2,3)4;11-8-3-1-7(2-4-8)9-10-5-6-12-9/h4-7,16H,8-13H2,1-3H3;5-8,14H,9-12H2,1-4H3;1-4,11H,5-6H2. The summed E-state index contributed by atoms with van der Waals surface area (Å²) in [5.41, 5.74) is 1.88. The number of benzene rings is 3. The number of hydrogen-bond donors (Lipinski definition) is 1. The van der Waals surface area contributed by atoms with Crippen molar-refractivity contribution in [1.29, 1.82) is 0 Å². The molecule has 0 saturated carbocycles. The molecule has 2 fully saturated rings. The summed E-state index contributed by atoms with van der Waals surface area (Å²) in [5, 5.41) is 9.02. The van der Waals surface area contributed by atoms with Gasteiger partial charge >= 0.3 is 12.2 Å². The normalized spacial score (nSPS) is 17.3. The van der Waals surface area contributed by atoms with Gasteiger partial charge in [-0.15, -0.1) is 0 Å². The molecule has 0 atom stereocenters. The van der Waals surface area contributed by atoms with Crippen molar-refractivity contribution in [3.63, 3.8) is 0 Å². The van der Waals surface area contributed by atoms with Gasteiger partial charge in [0.1, 0.15) is 42.0 Å². The Hall–Kier alpha value is -5.35. The van der Waals surface area contributed by atoms with Crippen LogP contribution in [0.1, 0.15) is 83.9 Å². The van der Waals surface area contributed by atoms with Crippen LogP contribution in [0, 0.1) is 6.92 Å². The van der Waals surface area contributed by atoms with E-state index in [4.69, 9.17) is 33.0 Å². The van der Waals surface area contributed by atoms with Crippen LogP contribution in [0.3, 0.4) is 0 Å². The molecule has 16 heteroatoms. The fourth-order valence-electron chi connectivity index (χ4n) is 6.38. The molecule has 4 heterocycles. The molecule has 2 saturated heterocycles. The monoisotopic (exact) mass is 864 g/mol. The molecule has 61 heavy (non-hydrogen) atoms. The van der Waals surface area contributed by atoms with Gasteiger partial charge < -0.3 is 38.6 Å². The van der Waals surface area contributed by atoms with Crippen molar-refractivity contribution in [3.8, 4) is 11.5 Å². The van der Waals surface area contributed by atoms with Gasteiger partial charge in [0.05, 0.1) is 24.1 Å². The van der Waals surface area contributed by atoms with E-state index in [1.165, 1.54) is 0 Å². The number of carbonyl (C=O) groups excluding carboxylic acids is 2. The van der Waals surface area contributed by atoms with Crippen LogP contribution >= 0.6 is 0 Å². The van der Waals surface area contributed by atoms with E-state index < -0.39 is 27.4 Å². The number of aromatic hydroxyl groups is 1. The minimum absolute atomic E-state index is 0.115. The van der Waals surface area contributed by atoms with E-state index in [9.17, 15) is 18.0 Å². The number of phenolic OH excluding ortho intramolecular Hbond substituents is 1. The molecular formula is C45H60N4O11S. The number of carbonyl (C=O) groups is 2. The summed E-state index contributed by atoms with van der Waals surface area (Å²) >= 11 is 0. The molecule has 0 bridgehead atoms. The van der Waals surface area contributed by atoms with Crippen LogP contribution in [0.4, 0.5) is 9.59 Å². The topological polar surface area (TPSA) is 175 Å². The number of ether oxygens (including phenoxy) is 5. The number of rotatable bonds is 7. The highest BCUT2D eigenvalue weighted by Gasteiger charge is 2.31. The minimum Gasteiger partial charge on any atom is -0.508 e. The number of likely N-dealkylation sites (tertiary alicyclic amines) is 2. The summed E-state index contributed by atoms with van der Waals surface area (Å²) in [5.74, 6) is 2.47. The summed E-state index contributed by atoms with van der Waals surface area (Å²) in [6, 6.07) is 21.2. The van der Waals surface area contributed by atoms with E-state index >= 15 is 0 Å². The number of nitrogens with zero attached hydrogens (tertiary/aromatic N) is 4. The van der Waals surface area contributed by atoms with Crippen LogP contribution in [0.25, 0.3) is 0 Å². The summed E-state index contributed by atoms with van der Waals surface area (Å²) in [6.07, 6.45) is 1.61. The third-order valence-electron chi connectivity index (χ3n) is 9.45. The van der Waals surface area contributed by atoms with Crippen LogP contribution in [0.15, 0.2) is 87.7 Å². The second-order valence-corrected chi connectivity index (χ2v) is 18.5. The van der Waals surface area contributed by atoms with Crippen molar-refractivity contribution in [3.05, 3.63) is 89.5 Å². The lowest BCUT2D eigenvalue weighted by Gasteiger charge is -2.33. The SMILES string of the molecule is CC(C)(C)OC(=O)N1CCC(Oc2ccc(C3=NCCO3)cc2)CC1.Cc1ccc(S(=O)(=O)OC2CCN(C(=O)OC(C)(C)C)CC2)cc1.Oc1ccc(C2=NCCO2)cc1. The van der Waals surface area contributed by atoms with Gasteiger partial charge in [0.25, 0.3) is 10.1 Å². The maximum Gasteiger partial charge on any atom is 0.410 e. The Morgan fingerprint density at radius 3 is 1.49 bits per heavy atom. The number of phenols is 1. The van der Waals surface area contributed by atoms with Crippen molar-refractivity contribution in [2.75, 3.05) is 52.5 Å². The molecule has 0 radical (unpaired) electrons. The lowest BCUT2D eigenvalue weighted by Crippen LogP contribution is -2.44. The largest absolute Gasteiger partial charge is 0.508 e. The van der Waals surface area contributed by atoms with E-state index in [2.05, 4.69) is 9.98 Å². The molecule has 3 aromatic carbocycles. The van der Waals surface area contributed by atoms with Gasteiger partial charge in [-0.25, -0.2) is 19.6 Å². The van der Waals surface area contributed by atoms with Crippen LogP contribution in [-0.2, 0) is 33.2 Å². The van der Waals surface area contributed by atoms with E-state index in [1.807, 2.05) is 72.7 Å². The first kappa shape index (κ1) is 46.7. The summed E-state index contributed by atoms with van der Waals surface area (Å²) in [7, 11) is -3.78. The summed E-state index contributed by atoms with van der Waals surface area (Å²) < 4.78 is 57.4. The Bertz CT molecular complexity index is 2060. The number of aliphatic imine (C=N–C) groups is 2. The Kier molecular flexibility index (Phi) is 16.0. The molecule has 7 rings (SSSR count). The van der Waals surface area contributed by atoms with Gasteiger partial charge in [0.2, 0.25) is 11.8 Å². The van der Waals surface area contributed by atoms with E-state index in [1.54, 1.807) is 58.3 Å². The van der Waals surface area contributed by atoms with Crippen LogP contribution in [-0.4, -0.2) is 123 Å². The zero-order valence-electron chi connectivity index (χ0n) is 36.3. The number of piperidine rings is 2. The van der Waals surface area contributed by atoms with E-state index in [-0.39, 0.29) is 28.9 Å². The average Bonchev–Trinajstić information content (AvgIpc) is 3.95. The molecule has 3 aromatic rings. The van der Waals surface area contributed by atoms with E-state index in [0.717, 1.165) is 48.4 Å². The van der Waals surface area contributed by atoms with E-state index in [0.29, 0.717) is 64.0 Å². The molecule has 0 unspecified atom stereocenters.